The Hall–Kier alpha value is -1.72. The lowest BCUT2D eigenvalue weighted by atomic mass is 10.2. The van der Waals surface area contributed by atoms with Crippen LogP contribution in [0.15, 0.2) is 18.2 Å². The molecule has 1 aromatic carbocycles. The number of hydrogen-bond donors (Lipinski definition) is 1. The summed E-state index contributed by atoms with van der Waals surface area (Å²) in [7, 11) is 5.56. The summed E-state index contributed by atoms with van der Waals surface area (Å²) in [5.74, 6) is 0.931. The normalized spacial score (nSPS) is 11.0. The van der Waals surface area contributed by atoms with Crippen LogP contribution in [0.4, 0.5) is 0 Å². The fourth-order valence-corrected chi connectivity index (χ4v) is 2.23. The Labute approximate surface area is 143 Å². The highest BCUT2D eigenvalue weighted by atomic mass is 35.5. The molecule has 0 aliphatic rings. The smallest absolute Gasteiger partial charge is 0.243 e. The molecule has 1 aromatic rings. The van der Waals surface area contributed by atoms with E-state index in [2.05, 4.69) is 10.2 Å². The van der Waals surface area contributed by atoms with Gasteiger partial charge in [-0.15, -0.1) is 0 Å². The Morgan fingerprint density at radius 3 is 2.74 bits per heavy atom. The zero-order valence-corrected chi connectivity index (χ0v) is 14.9. The molecule has 23 heavy (non-hydrogen) atoms. The summed E-state index contributed by atoms with van der Waals surface area (Å²) in [6.45, 7) is 3.97. The van der Waals surface area contributed by atoms with Gasteiger partial charge in [-0.1, -0.05) is 11.6 Å². The van der Waals surface area contributed by atoms with Crippen molar-refractivity contribution in [1.29, 1.82) is 0 Å². The molecule has 0 saturated carbocycles. The lowest BCUT2D eigenvalue weighted by molar-refractivity contribution is -0.116. The fraction of sp³-hybridized carbons (Fsp3) is 0.471. The van der Waals surface area contributed by atoms with Gasteiger partial charge in [0.2, 0.25) is 5.91 Å². The average molecular weight is 341 g/mol. The number of rotatable bonds is 9. The number of amides is 1. The number of benzene rings is 1. The third kappa shape index (κ3) is 6.93. The molecule has 5 nitrogen and oxygen atoms in total. The van der Waals surface area contributed by atoms with Crippen LogP contribution in [0, 0.1) is 0 Å². The monoisotopic (exact) mass is 340 g/mol. The maximum Gasteiger partial charge on any atom is 0.243 e. The highest BCUT2D eigenvalue weighted by molar-refractivity contribution is 6.32. The summed E-state index contributed by atoms with van der Waals surface area (Å²) >= 11 is 6.20. The van der Waals surface area contributed by atoms with E-state index in [1.807, 2.05) is 21.0 Å². The summed E-state index contributed by atoms with van der Waals surface area (Å²) in [5, 5.41) is 3.30. The van der Waals surface area contributed by atoms with E-state index in [0.29, 0.717) is 29.7 Å². The Bertz CT molecular complexity index is 545. The molecule has 128 valence electrons. The van der Waals surface area contributed by atoms with Gasteiger partial charge < -0.3 is 19.7 Å². The second-order valence-electron chi connectivity index (χ2n) is 5.25. The van der Waals surface area contributed by atoms with Gasteiger partial charge in [0.25, 0.3) is 0 Å². The van der Waals surface area contributed by atoms with Crippen molar-refractivity contribution in [2.24, 2.45) is 0 Å². The molecule has 0 radical (unpaired) electrons. The molecule has 1 amide bonds. The Kier molecular flexibility index (Phi) is 8.51. The van der Waals surface area contributed by atoms with E-state index in [-0.39, 0.29) is 5.91 Å². The van der Waals surface area contributed by atoms with E-state index in [9.17, 15) is 4.79 Å². The van der Waals surface area contributed by atoms with E-state index in [1.165, 1.54) is 6.08 Å². The van der Waals surface area contributed by atoms with Crippen LogP contribution >= 0.6 is 11.6 Å². The first-order valence-corrected chi connectivity index (χ1v) is 7.96. The molecule has 0 fully saturated rings. The lowest BCUT2D eigenvalue weighted by Crippen LogP contribution is -2.25. The van der Waals surface area contributed by atoms with E-state index >= 15 is 0 Å². The molecule has 0 spiro atoms. The molecule has 0 atom stereocenters. The van der Waals surface area contributed by atoms with E-state index in [0.717, 1.165) is 18.5 Å². The Morgan fingerprint density at radius 1 is 1.39 bits per heavy atom. The topological polar surface area (TPSA) is 50.8 Å². The van der Waals surface area contributed by atoms with Gasteiger partial charge in [-0.25, -0.2) is 0 Å². The number of halogens is 1. The molecule has 6 heteroatoms. The first kappa shape index (κ1) is 19.3. The molecule has 0 aliphatic heterocycles. The summed E-state index contributed by atoms with van der Waals surface area (Å²) in [4.78, 5) is 13.8. The number of ether oxygens (including phenoxy) is 2. The molecule has 1 rings (SSSR count). The first-order chi connectivity index (χ1) is 11.0. The van der Waals surface area contributed by atoms with Gasteiger partial charge in [0, 0.05) is 12.6 Å². The minimum absolute atomic E-state index is 0.132. The standard InChI is InChI=1S/C17H25ClN2O3/c1-5-23-17-14(18)11-13(12-15(17)22-4)7-8-16(21)19-9-6-10-20(2)3/h7-8,11-12H,5-6,9-10H2,1-4H3,(H,19,21)/b8-7+. The van der Waals surface area contributed by atoms with Crippen molar-refractivity contribution in [3.05, 3.63) is 28.8 Å². The van der Waals surface area contributed by atoms with Crippen LogP contribution in [-0.4, -0.2) is 51.7 Å². The second kappa shape index (κ2) is 10.1. The van der Waals surface area contributed by atoms with E-state index in [1.54, 1.807) is 25.3 Å². The largest absolute Gasteiger partial charge is 0.493 e. The number of nitrogens with zero attached hydrogens (tertiary/aromatic N) is 1. The van der Waals surface area contributed by atoms with Crippen LogP contribution in [0.1, 0.15) is 18.9 Å². The van der Waals surface area contributed by atoms with Gasteiger partial charge in [-0.3, -0.25) is 4.79 Å². The van der Waals surface area contributed by atoms with Crippen LogP contribution < -0.4 is 14.8 Å². The lowest BCUT2D eigenvalue weighted by Gasteiger charge is -2.12. The molecule has 0 heterocycles. The minimum Gasteiger partial charge on any atom is -0.493 e. The van der Waals surface area contributed by atoms with Crippen molar-refractivity contribution in [3.8, 4) is 11.5 Å². The number of nitrogens with one attached hydrogen (secondary N) is 1. The molecule has 0 aromatic heterocycles. The van der Waals surface area contributed by atoms with Crippen molar-refractivity contribution in [2.75, 3.05) is 40.9 Å². The van der Waals surface area contributed by atoms with Gasteiger partial charge in [-0.2, -0.15) is 0 Å². The van der Waals surface area contributed by atoms with Crippen LogP contribution in [0.2, 0.25) is 5.02 Å². The van der Waals surface area contributed by atoms with Gasteiger partial charge in [-0.05, 0) is 57.8 Å². The summed E-state index contributed by atoms with van der Waals surface area (Å²) in [6, 6.07) is 3.53. The third-order valence-corrected chi connectivity index (χ3v) is 3.33. The van der Waals surface area contributed by atoms with Crippen molar-refractivity contribution in [1.82, 2.24) is 10.2 Å². The van der Waals surface area contributed by atoms with Crippen LogP contribution in [0.5, 0.6) is 11.5 Å². The van der Waals surface area contributed by atoms with Crippen LogP contribution in [0.25, 0.3) is 6.08 Å². The fourth-order valence-electron chi connectivity index (χ4n) is 1.96. The number of hydrogen-bond acceptors (Lipinski definition) is 4. The predicted octanol–water partition coefficient (Wildman–Crippen LogP) is 2.83. The highest BCUT2D eigenvalue weighted by Crippen LogP contribution is 2.36. The highest BCUT2D eigenvalue weighted by Gasteiger charge is 2.10. The quantitative estimate of drug-likeness (QED) is 0.555. The van der Waals surface area contributed by atoms with Gasteiger partial charge in [0.1, 0.15) is 0 Å². The molecule has 0 aliphatic carbocycles. The SMILES string of the molecule is CCOc1c(Cl)cc(/C=C/C(=O)NCCCN(C)C)cc1OC. The predicted molar refractivity (Wildman–Crippen MR) is 94.4 cm³/mol. The Balaban J connectivity index is 2.65. The molecular formula is C17H25ClN2O3. The molecule has 1 N–H and O–H groups in total. The number of methoxy groups -OCH3 is 1. The zero-order valence-electron chi connectivity index (χ0n) is 14.2. The van der Waals surface area contributed by atoms with Gasteiger partial charge in [0.15, 0.2) is 11.5 Å². The minimum atomic E-state index is -0.132. The van der Waals surface area contributed by atoms with Crippen molar-refractivity contribution in [2.45, 2.75) is 13.3 Å². The maximum atomic E-state index is 11.8. The second-order valence-corrected chi connectivity index (χ2v) is 5.66. The van der Waals surface area contributed by atoms with E-state index < -0.39 is 0 Å². The van der Waals surface area contributed by atoms with Crippen molar-refractivity contribution >= 4 is 23.6 Å². The summed E-state index contributed by atoms with van der Waals surface area (Å²) in [6.07, 6.45) is 4.10. The molecular weight excluding hydrogens is 316 g/mol. The molecule has 0 unspecified atom stereocenters. The number of carbonyl (C=O) groups is 1. The summed E-state index contributed by atoms with van der Waals surface area (Å²) in [5.41, 5.74) is 0.777. The summed E-state index contributed by atoms with van der Waals surface area (Å²) < 4.78 is 10.7. The van der Waals surface area contributed by atoms with Crippen molar-refractivity contribution in [3.63, 3.8) is 0 Å². The molecule has 0 saturated heterocycles. The average Bonchev–Trinajstić information content (AvgIpc) is 2.51. The number of carbonyl (C=O) groups excluding carboxylic acids is 1. The van der Waals surface area contributed by atoms with Crippen LogP contribution in [0.3, 0.4) is 0 Å². The third-order valence-electron chi connectivity index (χ3n) is 3.05. The zero-order chi connectivity index (χ0) is 17.2. The Morgan fingerprint density at radius 2 is 2.13 bits per heavy atom. The first-order valence-electron chi connectivity index (χ1n) is 7.58. The maximum absolute atomic E-state index is 11.8. The van der Waals surface area contributed by atoms with Gasteiger partial charge >= 0.3 is 0 Å². The van der Waals surface area contributed by atoms with E-state index in [4.69, 9.17) is 21.1 Å². The van der Waals surface area contributed by atoms with Crippen molar-refractivity contribution < 1.29 is 14.3 Å². The van der Waals surface area contributed by atoms with Crippen LogP contribution in [-0.2, 0) is 4.79 Å². The van der Waals surface area contributed by atoms with Gasteiger partial charge in [0.05, 0.1) is 18.7 Å². The molecule has 0 bridgehead atoms.